The Morgan fingerprint density at radius 3 is 2.53 bits per heavy atom. The van der Waals surface area contributed by atoms with Crippen molar-refractivity contribution in [2.45, 2.75) is 26.2 Å². The molecular weight excluding hydrogens is 408 g/mol. The Morgan fingerprint density at radius 2 is 1.88 bits per heavy atom. The molecule has 0 bridgehead atoms. The zero-order valence-corrected chi connectivity index (χ0v) is 18.4. The number of para-hydroxylation sites is 1. The highest BCUT2D eigenvalue weighted by atomic mass is 16.5. The van der Waals surface area contributed by atoms with E-state index in [1.165, 1.54) is 6.21 Å². The Balaban J connectivity index is 1.55. The summed E-state index contributed by atoms with van der Waals surface area (Å²) >= 11 is 0. The minimum atomic E-state index is -0.334. The van der Waals surface area contributed by atoms with Gasteiger partial charge in [-0.3, -0.25) is 4.79 Å². The standard InChI is InChI=1S/C24H26N4O4/c1-4-32-23-20(30-2)13-16(14-21(23)31-3)15-25-26-24(29)22-18-11-8-12-19(18)28(27-22)17-9-6-5-7-10-17/h5-7,9-10,13-15H,4,8,11-12H2,1-3H3,(H,26,29)/b25-15+. The van der Waals surface area contributed by atoms with Crippen molar-refractivity contribution in [2.24, 2.45) is 5.10 Å². The van der Waals surface area contributed by atoms with E-state index in [0.29, 0.717) is 35.1 Å². The van der Waals surface area contributed by atoms with Gasteiger partial charge in [0.2, 0.25) is 5.75 Å². The molecule has 3 aromatic rings. The molecule has 0 saturated carbocycles. The number of carbonyl (C=O) groups excluding carboxylic acids is 1. The molecule has 32 heavy (non-hydrogen) atoms. The number of hydrogen-bond donors (Lipinski definition) is 1. The molecule has 1 heterocycles. The summed E-state index contributed by atoms with van der Waals surface area (Å²) in [5, 5.41) is 8.71. The number of hydrazone groups is 1. The van der Waals surface area contributed by atoms with Gasteiger partial charge in [0.05, 0.1) is 32.7 Å². The predicted octanol–water partition coefficient (Wildman–Crippen LogP) is 3.54. The number of benzene rings is 2. The summed E-state index contributed by atoms with van der Waals surface area (Å²) in [6.07, 6.45) is 4.28. The van der Waals surface area contributed by atoms with Gasteiger partial charge < -0.3 is 14.2 Å². The second-order valence-corrected chi connectivity index (χ2v) is 7.26. The van der Waals surface area contributed by atoms with Gasteiger partial charge in [-0.05, 0) is 50.5 Å². The quantitative estimate of drug-likeness (QED) is 0.433. The molecule has 166 valence electrons. The van der Waals surface area contributed by atoms with Gasteiger partial charge in [-0.25, -0.2) is 10.1 Å². The molecule has 1 amide bonds. The number of aromatic nitrogens is 2. The number of amides is 1. The number of hydrogen-bond acceptors (Lipinski definition) is 6. The number of fused-ring (bicyclic) bond motifs is 1. The van der Waals surface area contributed by atoms with Crippen LogP contribution in [0.2, 0.25) is 0 Å². The zero-order valence-electron chi connectivity index (χ0n) is 18.4. The third-order valence-electron chi connectivity index (χ3n) is 5.30. The van der Waals surface area contributed by atoms with Crippen LogP contribution < -0.4 is 19.6 Å². The van der Waals surface area contributed by atoms with Crippen LogP contribution in [0.1, 0.15) is 40.7 Å². The van der Waals surface area contributed by atoms with Crippen LogP contribution in [0, 0.1) is 0 Å². The molecule has 0 fully saturated rings. The van der Waals surface area contributed by atoms with Gasteiger partial charge in [-0.15, -0.1) is 0 Å². The summed E-state index contributed by atoms with van der Waals surface area (Å²) in [5.74, 6) is 1.25. The molecule has 1 aromatic heterocycles. The topological polar surface area (TPSA) is 87.0 Å². The summed E-state index contributed by atoms with van der Waals surface area (Å²) in [6, 6.07) is 13.4. The van der Waals surface area contributed by atoms with E-state index in [9.17, 15) is 4.79 Å². The first-order valence-electron chi connectivity index (χ1n) is 10.5. The molecule has 4 rings (SSSR count). The summed E-state index contributed by atoms with van der Waals surface area (Å²) in [7, 11) is 3.12. The van der Waals surface area contributed by atoms with Crippen LogP contribution in [0.3, 0.4) is 0 Å². The van der Waals surface area contributed by atoms with Gasteiger partial charge in [-0.2, -0.15) is 10.2 Å². The molecule has 0 unspecified atom stereocenters. The number of nitrogens with zero attached hydrogens (tertiary/aromatic N) is 3. The molecule has 0 spiro atoms. The largest absolute Gasteiger partial charge is 0.493 e. The average Bonchev–Trinajstić information content (AvgIpc) is 3.43. The maximum atomic E-state index is 12.9. The van der Waals surface area contributed by atoms with E-state index < -0.39 is 0 Å². The SMILES string of the molecule is CCOc1c(OC)cc(/C=N/NC(=O)c2nn(-c3ccccc3)c3c2CCC3)cc1OC. The summed E-state index contributed by atoms with van der Waals surface area (Å²) in [4.78, 5) is 12.9. The lowest BCUT2D eigenvalue weighted by molar-refractivity contribution is 0.0949. The molecule has 0 atom stereocenters. The Bertz CT molecular complexity index is 1110. The fourth-order valence-corrected chi connectivity index (χ4v) is 3.88. The Labute approximate surface area is 186 Å². The van der Waals surface area contributed by atoms with E-state index >= 15 is 0 Å². The van der Waals surface area contributed by atoms with Crippen molar-refractivity contribution < 1.29 is 19.0 Å². The molecule has 0 aliphatic heterocycles. The molecule has 1 N–H and O–H groups in total. The van der Waals surface area contributed by atoms with E-state index in [4.69, 9.17) is 14.2 Å². The second-order valence-electron chi connectivity index (χ2n) is 7.26. The normalized spacial score (nSPS) is 12.6. The van der Waals surface area contributed by atoms with Crippen molar-refractivity contribution in [1.82, 2.24) is 15.2 Å². The van der Waals surface area contributed by atoms with Gasteiger partial charge in [0.15, 0.2) is 17.2 Å². The highest BCUT2D eigenvalue weighted by Crippen LogP contribution is 2.38. The second kappa shape index (κ2) is 9.55. The zero-order chi connectivity index (χ0) is 22.5. The van der Waals surface area contributed by atoms with E-state index in [0.717, 1.165) is 36.2 Å². The molecular formula is C24H26N4O4. The lowest BCUT2D eigenvalue weighted by atomic mass is 10.2. The fourth-order valence-electron chi connectivity index (χ4n) is 3.88. The van der Waals surface area contributed by atoms with Crippen LogP contribution in [-0.4, -0.2) is 42.7 Å². The smallest absolute Gasteiger partial charge is 0.292 e. The molecule has 1 aliphatic carbocycles. The van der Waals surface area contributed by atoms with Crippen LogP contribution in [0.15, 0.2) is 47.6 Å². The first-order chi connectivity index (χ1) is 15.7. The first kappa shape index (κ1) is 21.4. The maximum Gasteiger partial charge on any atom is 0.292 e. The van der Waals surface area contributed by atoms with Crippen LogP contribution >= 0.6 is 0 Å². The minimum absolute atomic E-state index is 0.334. The third-order valence-corrected chi connectivity index (χ3v) is 5.30. The molecule has 0 saturated heterocycles. The van der Waals surface area contributed by atoms with Gasteiger partial charge in [-0.1, -0.05) is 18.2 Å². The van der Waals surface area contributed by atoms with E-state index in [2.05, 4.69) is 15.6 Å². The summed E-state index contributed by atoms with van der Waals surface area (Å²) in [5.41, 5.74) is 6.74. The van der Waals surface area contributed by atoms with E-state index in [-0.39, 0.29) is 5.91 Å². The summed E-state index contributed by atoms with van der Waals surface area (Å²) < 4.78 is 18.3. The highest BCUT2D eigenvalue weighted by Gasteiger charge is 2.26. The Hall–Kier alpha value is -3.81. The molecule has 8 heteroatoms. The fraction of sp³-hybridized carbons (Fsp3) is 0.292. The monoisotopic (exact) mass is 434 g/mol. The number of ether oxygens (including phenoxy) is 3. The predicted molar refractivity (Wildman–Crippen MR) is 121 cm³/mol. The van der Waals surface area contributed by atoms with Crippen molar-refractivity contribution in [3.8, 4) is 22.9 Å². The molecule has 8 nitrogen and oxygen atoms in total. The highest BCUT2D eigenvalue weighted by molar-refractivity contribution is 5.95. The van der Waals surface area contributed by atoms with Crippen LogP contribution in [0.25, 0.3) is 5.69 Å². The number of methoxy groups -OCH3 is 2. The Kier molecular flexibility index (Phi) is 6.39. The Morgan fingerprint density at radius 1 is 1.16 bits per heavy atom. The maximum absolute atomic E-state index is 12.9. The third kappa shape index (κ3) is 4.16. The van der Waals surface area contributed by atoms with Crippen molar-refractivity contribution in [1.29, 1.82) is 0 Å². The molecule has 0 radical (unpaired) electrons. The minimum Gasteiger partial charge on any atom is -0.493 e. The number of rotatable bonds is 8. The van der Waals surface area contributed by atoms with Crippen molar-refractivity contribution in [3.05, 3.63) is 65.0 Å². The van der Waals surface area contributed by atoms with Gasteiger partial charge in [0, 0.05) is 16.8 Å². The van der Waals surface area contributed by atoms with E-state index in [1.807, 2.05) is 41.9 Å². The van der Waals surface area contributed by atoms with Crippen LogP contribution in [0.5, 0.6) is 17.2 Å². The average molecular weight is 434 g/mol. The molecule has 1 aliphatic rings. The van der Waals surface area contributed by atoms with Gasteiger partial charge >= 0.3 is 0 Å². The van der Waals surface area contributed by atoms with Crippen LogP contribution in [0.4, 0.5) is 0 Å². The lowest BCUT2D eigenvalue weighted by Gasteiger charge is -2.14. The van der Waals surface area contributed by atoms with Gasteiger partial charge in [0.1, 0.15) is 0 Å². The van der Waals surface area contributed by atoms with Crippen molar-refractivity contribution in [3.63, 3.8) is 0 Å². The molecule has 2 aromatic carbocycles. The summed E-state index contributed by atoms with van der Waals surface area (Å²) in [6.45, 7) is 2.37. The van der Waals surface area contributed by atoms with E-state index in [1.54, 1.807) is 26.4 Å². The van der Waals surface area contributed by atoms with Crippen molar-refractivity contribution in [2.75, 3.05) is 20.8 Å². The number of carbonyl (C=O) groups is 1. The van der Waals surface area contributed by atoms with Gasteiger partial charge in [0.25, 0.3) is 5.91 Å². The first-order valence-corrected chi connectivity index (χ1v) is 10.5. The van der Waals surface area contributed by atoms with Crippen molar-refractivity contribution >= 4 is 12.1 Å². The number of nitrogens with one attached hydrogen (secondary N) is 1. The van der Waals surface area contributed by atoms with Crippen LogP contribution in [-0.2, 0) is 12.8 Å². The lowest BCUT2D eigenvalue weighted by Crippen LogP contribution is -2.20.